The first-order valence-electron chi connectivity index (χ1n) is 12.9. The fraction of sp³-hybridized carbons (Fsp3) is 0.462. The molecule has 0 spiro atoms. The van der Waals surface area contributed by atoms with Gasteiger partial charge in [0.25, 0.3) is 0 Å². The Morgan fingerprint density at radius 2 is 1.65 bits per heavy atom. The minimum Gasteiger partial charge on any atom is -0.481 e. The molecule has 3 rings (SSSR count). The molecule has 1 aromatic carbocycles. The lowest BCUT2D eigenvalue weighted by molar-refractivity contribution is -0.144. The lowest BCUT2D eigenvalue weighted by Gasteiger charge is -2.28. The SMILES string of the molecule is NC(CCC(=O)O)C(=O)N1CCCC1C(=O)NC(CCC(=O)O)C(=O)NC(Cc1c[nH]c2ccccc12)C(=O)O. The highest BCUT2D eigenvalue weighted by molar-refractivity contribution is 5.95. The Hall–Kier alpha value is -4.46. The highest BCUT2D eigenvalue weighted by Crippen LogP contribution is 2.21. The number of likely N-dealkylation sites (tertiary alicyclic amines) is 1. The first-order valence-corrected chi connectivity index (χ1v) is 12.9. The molecule has 8 N–H and O–H groups in total. The summed E-state index contributed by atoms with van der Waals surface area (Å²) >= 11 is 0. The van der Waals surface area contributed by atoms with Crippen LogP contribution in [0.4, 0.5) is 0 Å². The van der Waals surface area contributed by atoms with E-state index in [2.05, 4.69) is 15.6 Å². The number of nitrogens with one attached hydrogen (secondary N) is 3. The zero-order valence-electron chi connectivity index (χ0n) is 21.7. The number of hydrogen-bond donors (Lipinski definition) is 7. The van der Waals surface area contributed by atoms with Crippen molar-refractivity contribution in [2.75, 3.05) is 6.54 Å². The third-order valence-electron chi connectivity index (χ3n) is 6.82. The highest BCUT2D eigenvalue weighted by atomic mass is 16.4. The number of carboxylic acid groups (broad SMARTS) is 3. The topological polar surface area (TPSA) is 232 Å². The minimum atomic E-state index is -1.38. The molecular formula is C26H33N5O9. The van der Waals surface area contributed by atoms with Crippen LogP contribution >= 0.6 is 0 Å². The Morgan fingerprint density at radius 3 is 2.33 bits per heavy atom. The van der Waals surface area contributed by atoms with Crippen LogP contribution in [0.25, 0.3) is 10.9 Å². The summed E-state index contributed by atoms with van der Waals surface area (Å²) in [7, 11) is 0. The van der Waals surface area contributed by atoms with Crippen LogP contribution in [0.5, 0.6) is 0 Å². The second kappa shape index (κ2) is 13.6. The van der Waals surface area contributed by atoms with Crippen LogP contribution in [0.2, 0.25) is 0 Å². The van der Waals surface area contributed by atoms with Gasteiger partial charge in [-0.15, -0.1) is 0 Å². The molecule has 14 heteroatoms. The maximum atomic E-state index is 13.1. The molecule has 1 aliphatic heterocycles. The molecule has 4 atom stereocenters. The Labute approximate surface area is 228 Å². The molecule has 1 aliphatic rings. The summed E-state index contributed by atoms with van der Waals surface area (Å²) in [5.74, 6) is -5.85. The molecule has 2 aromatic rings. The predicted molar refractivity (Wildman–Crippen MR) is 140 cm³/mol. The van der Waals surface area contributed by atoms with E-state index in [1.54, 1.807) is 18.3 Å². The number of H-pyrrole nitrogens is 1. The number of nitrogens with two attached hydrogens (primary N) is 1. The number of aliphatic carboxylic acids is 3. The van der Waals surface area contributed by atoms with Crippen molar-refractivity contribution in [3.63, 3.8) is 0 Å². The van der Waals surface area contributed by atoms with Crippen LogP contribution in [-0.2, 0) is 35.2 Å². The zero-order chi connectivity index (χ0) is 29.4. The van der Waals surface area contributed by atoms with Gasteiger partial charge >= 0.3 is 17.9 Å². The van der Waals surface area contributed by atoms with Gasteiger partial charge in [0.1, 0.15) is 18.1 Å². The van der Waals surface area contributed by atoms with E-state index in [0.717, 1.165) is 10.9 Å². The van der Waals surface area contributed by atoms with Gasteiger partial charge in [0.05, 0.1) is 6.04 Å². The second-order valence-electron chi connectivity index (χ2n) is 9.69. The lowest BCUT2D eigenvalue weighted by atomic mass is 10.0. The fourth-order valence-electron chi connectivity index (χ4n) is 4.72. The second-order valence-corrected chi connectivity index (χ2v) is 9.69. The van der Waals surface area contributed by atoms with E-state index in [9.17, 15) is 33.9 Å². The van der Waals surface area contributed by atoms with Crippen LogP contribution in [0.3, 0.4) is 0 Å². The highest BCUT2D eigenvalue weighted by Gasteiger charge is 2.38. The number of aromatic amines is 1. The summed E-state index contributed by atoms with van der Waals surface area (Å²) in [6.07, 6.45) is 1.07. The average molecular weight is 560 g/mol. The largest absolute Gasteiger partial charge is 0.481 e. The molecular weight excluding hydrogens is 526 g/mol. The summed E-state index contributed by atoms with van der Waals surface area (Å²) in [5, 5.41) is 33.4. The Morgan fingerprint density at radius 1 is 0.975 bits per heavy atom. The standard InChI is InChI=1S/C26H33N5O9/c27-16(7-9-21(32)33)25(38)31-11-3-6-20(31)24(37)29-18(8-10-22(34)35)23(36)30-19(26(39)40)12-14-13-28-17-5-2-1-4-15(14)17/h1-2,4-5,13,16,18-20,28H,3,6-12,27H2,(H,29,37)(H,30,36)(H,32,33)(H,34,35)(H,39,40). The number of para-hydroxylation sites is 1. The number of carboxylic acids is 3. The minimum absolute atomic E-state index is 0.0657. The first-order chi connectivity index (χ1) is 19.0. The number of carbonyl (C=O) groups excluding carboxylic acids is 3. The van der Waals surface area contributed by atoms with Gasteiger partial charge in [0.2, 0.25) is 17.7 Å². The van der Waals surface area contributed by atoms with Gasteiger partial charge in [0.15, 0.2) is 0 Å². The van der Waals surface area contributed by atoms with Gasteiger partial charge in [0, 0.05) is 42.9 Å². The number of carbonyl (C=O) groups is 6. The van der Waals surface area contributed by atoms with Crippen LogP contribution in [0.1, 0.15) is 44.1 Å². The molecule has 1 aromatic heterocycles. The summed E-state index contributed by atoms with van der Waals surface area (Å²) in [4.78, 5) is 77.3. The van der Waals surface area contributed by atoms with Gasteiger partial charge in [-0.2, -0.15) is 0 Å². The number of benzene rings is 1. The molecule has 0 radical (unpaired) electrons. The summed E-state index contributed by atoms with van der Waals surface area (Å²) in [6.45, 7) is 0.204. The molecule has 1 fully saturated rings. The van der Waals surface area contributed by atoms with Crippen LogP contribution in [0.15, 0.2) is 30.5 Å². The molecule has 0 bridgehead atoms. The third-order valence-corrected chi connectivity index (χ3v) is 6.82. The Balaban J connectivity index is 1.71. The number of rotatable bonds is 14. The smallest absolute Gasteiger partial charge is 0.326 e. The monoisotopic (exact) mass is 559 g/mol. The van der Waals surface area contributed by atoms with E-state index >= 15 is 0 Å². The Bertz CT molecular complexity index is 1280. The van der Waals surface area contributed by atoms with Crippen molar-refractivity contribution in [1.82, 2.24) is 20.5 Å². The van der Waals surface area contributed by atoms with Crippen LogP contribution in [-0.4, -0.2) is 91.5 Å². The van der Waals surface area contributed by atoms with Gasteiger partial charge in [-0.3, -0.25) is 24.0 Å². The third kappa shape index (κ3) is 7.79. The zero-order valence-corrected chi connectivity index (χ0v) is 21.7. The van der Waals surface area contributed by atoms with Crippen LogP contribution in [0, 0.1) is 0 Å². The molecule has 2 heterocycles. The molecule has 0 aliphatic carbocycles. The van der Waals surface area contributed by atoms with Crippen molar-refractivity contribution >= 4 is 46.5 Å². The van der Waals surface area contributed by atoms with Crippen LogP contribution < -0.4 is 16.4 Å². The molecule has 40 heavy (non-hydrogen) atoms. The van der Waals surface area contributed by atoms with Gasteiger partial charge in [-0.25, -0.2) is 4.79 Å². The van der Waals surface area contributed by atoms with Crippen molar-refractivity contribution in [2.45, 2.75) is 69.1 Å². The van der Waals surface area contributed by atoms with E-state index in [0.29, 0.717) is 12.0 Å². The summed E-state index contributed by atoms with van der Waals surface area (Å²) < 4.78 is 0. The predicted octanol–water partition coefficient (Wildman–Crippen LogP) is -0.187. The molecule has 0 saturated carbocycles. The summed E-state index contributed by atoms with van der Waals surface area (Å²) in [5.41, 5.74) is 7.27. The fourth-order valence-corrected chi connectivity index (χ4v) is 4.72. The number of hydrogen-bond acceptors (Lipinski definition) is 7. The number of nitrogens with zero attached hydrogens (tertiary/aromatic N) is 1. The quantitative estimate of drug-likeness (QED) is 0.161. The van der Waals surface area contributed by atoms with E-state index < -0.39 is 66.2 Å². The molecule has 216 valence electrons. The van der Waals surface area contributed by atoms with Crippen molar-refractivity contribution in [3.8, 4) is 0 Å². The maximum absolute atomic E-state index is 13.1. The maximum Gasteiger partial charge on any atom is 0.326 e. The van der Waals surface area contributed by atoms with E-state index in [1.807, 2.05) is 12.1 Å². The lowest BCUT2D eigenvalue weighted by Crippen LogP contribution is -2.57. The molecule has 4 unspecified atom stereocenters. The average Bonchev–Trinajstić information content (AvgIpc) is 3.56. The number of aromatic nitrogens is 1. The molecule has 3 amide bonds. The van der Waals surface area contributed by atoms with E-state index in [-0.39, 0.29) is 38.6 Å². The number of fused-ring (bicyclic) bond motifs is 1. The van der Waals surface area contributed by atoms with Crippen molar-refractivity contribution in [1.29, 1.82) is 0 Å². The normalized spacial score (nSPS) is 17.1. The van der Waals surface area contributed by atoms with E-state index in [1.165, 1.54) is 4.90 Å². The summed E-state index contributed by atoms with van der Waals surface area (Å²) in [6, 6.07) is 2.36. The van der Waals surface area contributed by atoms with Gasteiger partial charge in [-0.1, -0.05) is 18.2 Å². The van der Waals surface area contributed by atoms with Gasteiger partial charge in [-0.05, 0) is 37.3 Å². The van der Waals surface area contributed by atoms with Crippen molar-refractivity contribution < 1.29 is 44.1 Å². The van der Waals surface area contributed by atoms with Crippen molar-refractivity contribution in [3.05, 3.63) is 36.0 Å². The number of amides is 3. The van der Waals surface area contributed by atoms with Crippen molar-refractivity contribution in [2.24, 2.45) is 5.73 Å². The van der Waals surface area contributed by atoms with E-state index in [4.69, 9.17) is 15.9 Å². The molecule has 14 nitrogen and oxygen atoms in total. The van der Waals surface area contributed by atoms with Gasteiger partial charge < -0.3 is 41.6 Å². The Kier molecular flexibility index (Phi) is 10.2. The first kappa shape index (κ1) is 30.1. The molecule has 1 saturated heterocycles.